The van der Waals surface area contributed by atoms with Gasteiger partial charge in [0.1, 0.15) is 5.82 Å². The maximum atomic E-state index is 13.5. The van der Waals surface area contributed by atoms with Gasteiger partial charge in [0.25, 0.3) is 5.91 Å². The fourth-order valence-electron chi connectivity index (χ4n) is 5.92. The van der Waals surface area contributed by atoms with Crippen LogP contribution < -0.4 is 0 Å². The zero-order valence-electron chi connectivity index (χ0n) is 21.1. The summed E-state index contributed by atoms with van der Waals surface area (Å²) in [6.07, 6.45) is 9.16. The van der Waals surface area contributed by atoms with Gasteiger partial charge in [0.05, 0.1) is 11.3 Å². The molecule has 0 N–H and O–H groups in total. The highest BCUT2D eigenvalue weighted by atomic mass is 19.1. The summed E-state index contributed by atoms with van der Waals surface area (Å²) >= 11 is 0. The first-order valence-corrected chi connectivity index (χ1v) is 13.4. The second kappa shape index (κ2) is 10.5. The van der Waals surface area contributed by atoms with Gasteiger partial charge >= 0.3 is 0 Å². The van der Waals surface area contributed by atoms with E-state index in [1.807, 2.05) is 17.2 Å². The molecule has 4 aromatic rings. The van der Waals surface area contributed by atoms with Crippen molar-refractivity contribution in [1.29, 1.82) is 0 Å². The Morgan fingerprint density at radius 1 is 1.00 bits per heavy atom. The molecule has 37 heavy (non-hydrogen) atoms. The standard InChI is InChI=1S/C30H33FN4O2/c31-25-9-10-26-28(18-25)37-32-29(26)23-11-16-33(17-12-23)13-5-15-35-14-4-8-24-20-34(21-27(24)30(35)36)19-22-6-2-1-3-7-22/h1-3,6-7,9-10,18,20-21,23H,4-5,8,11-17,19H2. The van der Waals surface area contributed by atoms with Crippen molar-refractivity contribution in [1.82, 2.24) is 19.5 Å². The van der Waals surface area contributed by atoms with E-state index >= 15 is 0 Å². The van der Waals surface area contributed by atoms with Crippen LogP contribution in [-0.4, -0.2) is 58.2 Å². The van der Waals surface area contributed by atoms with Crippen molar-refractivity contribution in [2.24, 2.45) is 0 Å². The van der Waals surface area contributed by atoms with E-state index < -0.39 is 0 Å². The Kier molecular flexibility index (Phi) is 6.79. The van der Waals surface area contributed by atoms with Crippen LogP contribution in [0.1, 0.15) is 58.8 Å². The number of rotatable bonds is 7. The number of hydrogen-bond donors (Lipinski definition) is 0. The number of hydrogen-bond acceptors (Lipinski definition) is 4. The largest absolute Gasteiger partial charge is 0.356 e. The van der Waals surface area contributed by atoms with Crippen LogP contribution in [0, 0.1) is 5.82 Å². The van der Waals surface area contributed by atoms with Crippen LogP contribution in [0.2, 0.25) is 0 Å². The number of carbonyl (C=O) groups is 1. The zero-order chi connectivity index (χ0) is 25.2. The van der Waals surface area contributed by atoms with Crippen LogP contribution in [-0.2, 0) is 13.0 Å². The number of likely N-dealkylation sites (tertiary alicyclic amines) is 1. The van der Waals surface area contributed by atoms with Crippen LogP contribution in [0.5, 0.6) is 0 Å². The van der Waals surface area contributed by atoms with Crippen molar-refractivity contribution in [2.45, 2.75) is 44.6 Å². The summed E-state index contributed by atoms with van der Waals surface area (Å²) in [5, 5.41) is 5.19. The predicted molar refractivity (Wildman–Crippen MR) is 141 cm³/mol. The van der Waals surface area contributed by atoms with E-state index in [9.17, 15) is 9.18 Å². The lowest BCUT2D eigenvalue weighted by molar-refractivity contribution is 0.0750. The van der Waals surface area contributed by atoms with Gasteiger partial charge in [0.15, 0.2) is 5.58 Å². The fraction of sp³-hybridized carbons (Fsp3) is 0.400. The number of benzene rings is 2. The maximum absolute atomic E-state index is 13.5. The smallest absolute Gasteiger partial charge is 0.255 e. The molecular formula is C30H33FN4O2. The number of halogens is 1. The number of aryl methyl sites for hydroxylation is 1. The molecule has 6 rings (SSSR count). The normalized spacial score (nSPS) is 17.3. The van der Waals surface area contributed by atoms with Crippen molar-refractivity contribution >= 4 is 16.9 Å². The average Bonchev–Trinajstić information content (AvgIpc) is 3.48. The van der Waals surface area contributed by atoms with Crippen LogP contribution in [0.3, 0.4) is 0 Å². The molecule has 2 aromatic heterocycles. The number of nitrogens with zero attached hydrogens (tertiary/aromatic N) is 4. The summed E-state index contributed by atoms with van der Waals surface area (Å²) in [4.78, 5) is 17.9. The number of amides is 1. The van der Waals surface area contributed by atoms with Crippen molar-refractivity contribution < 1.29 is 13.7 Å². The summed E-state index contributed by atoms with van der Waals surface area (Å²) < 4.78 is 21.0. The zero-order valence-corrected chi connectivity index (χ0v) is 21.1. The summed E-state index contributed by atoms with van der Waals surface area (Å²) in [6, 6.07) is 15.0. The second-order valence-electron chi connectivity index (χ2n) is 10.4. The molecule has 0 unspecified atom stereocenters. The molecule has 0 bridgehead atoms. The van der Waals surface area contributed by atoms with Crippen LogP contribution in [0.25, 0.3) is 11.0 Å². The van der Waals surface area contributed by atoms with Gasteiger partial charge in [-0.2, -0.15) is 0 Å². The monoisotopic (exact) mass is 500 g/mol. The third-order valence-corrected chi connectivity index (χ3v) is 7.90. The minimum atomic E-state index is -0.297. The van der Waals surface area contributed by atoms with E-state index in [-0.39, 0.29) is 11.7 Å². The summed E-state index contributed by atoms with van der Waals surface area (Å²) in [6.45, 7) is 5.40. The van der Waals surface area contributed by atoms with Crippen molar-refractivity contribution in [3.63, 3.8) is 0 Å². The molecule has 0 atom stereocenters. The summed E-state index contributed by atoms with van der Waals surface area (Å²) in [7, 11) is 0. The molecule has 0 radical (unpaired) electrons. The SMILES string of the molecule is O=C1c2cn(Cc3ccccc3)cc2CCCN1CCCN1CCC(c2noc3cc(F)ccc23)CC1. The number of fused-ring (bicyclic) bond motifs is 2. The molecule has 0 saturated carbocycles. The van der Waals surface area contributed by atoms with Gasteiger partial charge in [-0.15, -0.1) is 0 Å². The molecule has 6 nitrogen and oxygen atoms in total. The van der Waals surface area contributed by atoms with Crippen LogP contribution in [0.4, 0.5) is 4.39 Å². The predicted octanol–water partition coefficient (Wildman–Crippen LogP) is 5.47. The molecule has 192 valence electrons. The molecule has 2 aliphatic rings. The Morgan fingerprint density at radius 2 is 1.84 bits per heavy atom. The van der Waals surface area contributed by atoms with Gasteiger partial charge in [-0.05, 0) is 75.0 Å². The Balaban J connectivity index is 1.01. The molecule has 7 heteroatoms. The van der Waals surface area contributed by atoms with Gasteiger partial charge in [-0.25, -0.2) is 4.39 Å². The fourth-order valence-corrected chi connectivity index (χ4v) is 5.92. The van der Waals surface area contributed by atoms with Gasteiger partial charge in [-0.3, -0.25) is 4.79 Å². The van der Waals surface area contributed by atoms with Crippen molar-refractivity contribution in [3.8, 4) is 0 Å². The Hall–Kier alpha value is -3.45. The molecule has 0 spiro atoms. The molecular weight excluding hydrogens is 467 g/mol. The molecule has 0 aliphatic carbocycles. The van der Waals surface area contributed by atoms with Gasteiger partial charge in [-0.1, -0.05) is 35.5 Å². The quantitative estimate of drug-likeness (QED) is 0.338. The summed E-state index contributed by atoms with van der Waals surface area (Å²) in [5.74, 6) is 0.217. The van der Waals surface area contributed by atoms with Gasteiger partial charge in [0, 0.05) is 49.4 Å². The minimum Gasteiger partial charge on any atom is -0.356 e. The third kappa shape index (κ3) is 5.18. The van der Waals surface area contributed by atoms with Crippen LogP contribution in [0.15, 0.2) is 65.4 Å². The van der Waals surface area contributed by atoms with E-state index in [1.54, 1.807) is 6.07 Å². The Morgan fingerprint density at radius 3 is 2.68 bits per heavy atom. The lowest BCUT2D eigenvalue weighted by Crippen LogP contribution is -2.37. The second-order valence-corrected chi connectivity index (χ2v) is 10.4. The van der Waals surface area contributed by atoms with E-state index in [0.717, 1.165) is 88.0 Å². The average molecular weight is 501 g/mol. The first-order chi connectivity index (χ1) is 18.1. The van der Waals surface area contributed by atoms with E-state index in [0.29, 0.717) is 11.5 Å². The van der Waals surface area contributed by atoms with Crippen molar-refractivity contribution in [3.05, 3.63) is 89.1 Å². The topological polar surface area (TPSA) is 54.5 Å². The van der Waals surface area contributed by atoms with E-state index in [1.165, 1.54) is 23.3 Å². The maximum Gasteiger partial charge on any atom is 0.255 e. The molecule has 1 fully saturated rings. The third-order valence-electron chi connectivity index (χ3n) is 7.90. The molecule has 2 aromatic carbocycles. The lowest BCUT2D eigenvalue weighted by Gasteiger charge is -2.31. The highest BCUT2D eigenvalue weighted by Gasteiger charge is 2.27. The number of carbonyl (C=O) groups excluding carboxylic acids is 1. The summed E-state index contributed by atoms with van der Waals surface area (Å²) in [5.41, 5.74) is 4.77. The lowest BCUT2D eigenvalue weighted by atomic mass is 9.91. The van der Waals surface area contributed by atoms with Gasteiger partial charge < -0.3 is 18.9 Å². The molecule has 1 amide bonds. The first-order valence-electron chi connectivity index (χ1n) is 13.4. The molecule has 4 heterocycles. The highest BCUT2D eigenvalue weighted by molar-refractivity contribution is 5.96. The Bertz CT molecular complexity index is 1370. The molecule has 2 aliphatic heterocycles. The van der Waals surface area contributed by atoms with Gasteiger partial charge in [0.2, 0.25) is 0 Å². The first kappa shape index (κ1) is 23.9. The highest BCUT2D eigenvalue weighted by Crippen LogP contribution is 2.33. The number of piperidine rings is 1. The van der Waals surface area contributed by atoms with E-state index in [4.69, 9.17) is 4.52 Å². The minimum absolute atomic E-state index is 0.173. The van der Waals surface area contributed by atoms with E-state index in [2.05, 4.69) is 45.1 Å². The van der Waals surface area contributed by atoms with Crippen molar-refractivity contribution in [2.75, 3.05) is 32.7 Å². The Labute approximate surface area is 216 Å². The van der Waals surface area contributed by atoms with Crippen LogP contribution >= 0.6 is 0 Å². The number of aromatic nitrogens is 2. The molecule has 1 saturated heterocycles.